The molecule has 0 bridgehead atoms. The van der Waals surface area contributed by atoms with E-state index in [1.807, 2.05) is 0 Å². The fraction of sp³-hybridized carbons (Fsp3) is 0. The number of fused-ring (bicyclic) bond motifs is 14. The Hall–Kier alpha value is -14.3. The summed E-state index contributed by atoms with van der Waals surface area (Å²) in [5.74, 6) is 0. The highest BCUT2D eigenvalue weighted by Gasteiger charge is 2.21. The van der Waals surface area contributed by atoms with Crippen LogP contribution in [0.4, 0.5) is 0 Å². The second kappa shape index (κ2) is 25.8. The molecule has 108 heavy (non-hydrogen) atoms. The number of benzene rings is 18. The molecule has 0 amide bonds. The maximum absolute atomic E-state index is 2.42. The predicted molar refractivity (Wildman–Crippen MR) is 458 cm³/mol. The predicted octanol–water partition coefficient (Wildman–Crippen LogP) is 28.1. The third-order valence-electron chi connectivity index (χ3n) is 22.2. The van der Waals surface area contributed by atoms with Crippen molar-refractivity contribution in [3.63, 3.8) is 0 Å². The second-order valence-corrected chi connectivity index (χ2v) is 28.4. The zero-order valence-corrected chi connectivity index (χ0v) is 59.0. The minimum absolute atomic E-state index is 1.15. The van der Waals surface area contributed by atoms with Gasteiger partial charge in [0.25, 0.3) is 0 Å². The van der Waals surface area contributed by atoms with Crippen molar-refractivity contribution >= 4 is 109 Å². The number of hydrogen-bond acceptors (Lipinski definition) is 0. The van der Waals surface area contributed by atoms with Crippen LogP contribution in [0.3, 0.4) is 0 Å². The minimum Gasteiger partial charge on any atom is -0.309 e. The number of rotatable bonds is 10. The quantitative estimate of drug-likeness (QED) is 0.130. The molecule has 0 aliphatic rings. The van der Waals surface area contributed by atoms with Gasteiger partial charge in [0.1, 0.15) is 0 Å². The molecular formula is C104H68N4. The zero-order valence-electron chi connectivity index (χ0n) is 59.0. The fourth-order valence-electron chi connectivity index (χ4n) is 17.1. The monoisotopic (exact) mass is 1370 g/mol. The Kier molecular flexibility index (Phi) is 14.9. The highest BCUT2D eigenvalue weighted by atomic mass is 15.0. The molecule has 0 aliphatic carbocycles. The van der Waals surface area contributed by atoms with Crippen molar-refractivity contribution in [2.24, 2.45) is 0 Å². The standard InChI is InChI=1S/2C52H34N2/c1-2-11-35(12-3-1)38-15-10-16-39(31-38)37-21-26-43(27-22-37)53-49-19-8-6-17-45(49)47-33-41(24-29-51(47)53)42-25-30-52-48(34-42)46-18-7-9-20-50(46)54(52)44-28-23-36-13-4-5-14-40(36)32-44;1-2-14-36(15-3-1)43-19-6-7-20-44(43)40-17-12-18-41(32-40)53-49-23-10-8-21-45(49)47-33-38(26-29-51(47)53)39-27-30-52-48(34-39)46-22-9-11-24-50(46)54(52)42-28-25-35-13-4-5-16-37(35)31-42/h2*1-34H. The van der Waals surface area contributed by atoms with Gasteiger partial charge in [-0.15, -0.1) is 0 Å². The fourth-order valence-corrected chi connectivity index (χ4v) is 17.1. The molecule has 504 valence electrons. The highest BCUT2D eigenvalue weighted by Crippen LogP contribution is 2.43. The van der Waals surface area contributed by atoms with E-state index < -0.39 is 0 Å². The summed E-state index contributed by atoms with van der Waals surface area (Å²) >= 11 is 0. The zero-order chi connectivity index (χ0) is 71.2. The molecule has 22 aromatic rings. The van der Waals surface area contributed by atoms with Crippen LogP contribution in [0, 0.1) is 0 Å². The Morgan fingerprint density at radius 3 is 0.833 bits per heavy atom. The Morgan fingerprint density at radius 1 is 0.120 bits per heavy atom. The lowest BCUT2D eigenvalue weighted by Crippen LogP contribution is -1.95. The molecular weight excluding hydrogens is 1310 g/mol. The van der Waals surface area contributed by atoms with Crippen LogP contribution in [0.5, 0.6) is 0 Å². The summed E-state index contributed by atoms with van der Waals surface area (Å²) in [6, 6.07) is 150. The van der Waals surface area contributed by atoms with E-state index in [-0.39, 0.29) is 0 Å². The first-order valence-electron chi connectivity index (χ1n) is 37.2. The van der Waals surface area contributed by atoms with E-state index in [0.29, 0.717) is 0 Å². The number of nitrogens with zero attached hydrogens (tertiary/aromatic N) is 4. The summed E-state index contributed by atoms with van der Waals surface area (Å²) in [7, 11) is 0. The summed E-state index contributed by atoms with van der Waals surface area (Å²) < 4.78 is 9.63. The van der Waals surface area contributed by atoms with Crippen molar-refractivity contribution in [3.8, 4) is 89.5 Å². The van der Waals surface area contributed by atoms with Gasteiger partial charge in [0.2, 0.25) is 0 Å². The van der Waals surface area contributed by atoms with E-state index in [2.05, 4.69) is 431 Å². The van der Waals surface area contributed by atoms with Gasteiger partial charge in [-0.2, -0.15) is 0 Å². The van der Waals surface area contributed by atoms with E-state index in [1.54, 1.807) is 0 Å². The molecule has 0 spiro atoms. The molecule has 0 radical (unpaired) electrons. The van der Waals surface area contributed by atoms with Crippen LogP contribution in [0.1, 0.15) is 0 Å². The molecule has 18 aromatic carbocycles. The summed E-state index contributed by atoms with van der Waals surface area (Å²) in [5.41, 5.74) is 28.9. The molecule has 0 unspecified atom stereocenters. The van der Waals surface area contributed by atoms with E-state index in [1.165, 1.54) is 187 Å². The average Bonchev–Trinajstić information content (AvgIpc) is 1.61. The van der Waals surface area contributed by atoms with Gasteiger partial charge in [-0.05, 0) is 216 Å². The Balaban J connectivity index is 0.000000138. The van der Waals surface area contributed by atoms with Gasteiger partial charge in [0.05, 0.1) is 44.1 Å². The smallest absolute Gasteiger partial charge is 0.0541 e. The maximum Gasteiger partial charge on any atom is 0.0541 e. The first kappa shape index (κ1) is 62.3. The molecule has 4 heteroatoms. The molecule has 0 saturated carbocycles. The summed E-state index contributed by atoms with van der Waals surface area (Å²) in [5, 5.41) is 15.0. The van der Waals surface area contributed by atoms with E-state index in [9.17, 15) is 0 Å². The van der Waals surface area contributed by atoms with E-state index in [4.69, 9.17) is 0 Å². The molecule has 4 aromatic heterocycles. The first-order valence-corrected chi connectivity index (χ1v) is 37.2. The van der Waals surface area contributed by atoms with Crippen LogP contribution in [0.2, 0.25) is 0 Å². The van der Waals surface area contributed by atoms with Gasteiger partial charge >= 0.3 is 0 Å². The van der Waals surface area contributed by atoms with Gasteiger partial charge in [0.15, 0.2) is 0 Å². The Labute approximate surface area is 625 Å². The van der Waals surface area contributed by atoms with Gasteiger partial charge in [-0.3, -0.25) is 0 Å². The topological polar surface area (TPSA) is 19.7 Å². The summed E-state index contributed by atoms with van der Waals surface area (Å²) in [6.45, 7) is 0. The molecule has 22 rings (SSSR count). The second-order valence-electron chi connectivity index (χ2n) is 28.4. The number of para-hydroxylation sites is 4. The average molecular weight is 1370 g/mol. The molecule has 0 N–H and O–H groups in total. The maximum atomic E-state index is 2.42. The lowest BCUT2D eigenvalue weighted by molar-refractivity contribution is 1.18. The summed E-state index contributed by atoms with van der Waals surface area (Å²) in [4.78, 5) is 0. The first-order chi connectivity index (χ1) is 53.5. The third kappa shape index (κ3) is 10.6. The van der Waals surface area contributed by atoms with Crippen molar-refractivity contribution < 1.29 is 0 Å². The van der Waals surface area contributed by atoms with Crippen molar-refractivity contribution in [3.05, 3.63) is 413 Å². The third-order valence-corrected chi connectivity index (χ3v) is 22.2. The Bertz CT molecular complexity index is 7290. The van der Waals surface area contributed by atoms with Crippen LogP contribution in [0.25, 0.3) is 198 Å². The molecule has 4 nitrogen and oxygen atoms in total. The number of hydrogen-bond donors (Lipinski definition) is 0. The van der Waals surface area contributed by atoms with Crippen molar-refractivity contribution in [1.82, 2.24) is 18.3 Å². The van der Waals surface area contributed by atoms with Crippen molar-refractivity contribution in [1.29, 1.82) is 0 Å². The molecule has 0 atom stereocenters. The van der Waals surface area contributed by atoms with Gasteiger partial charge in [0, 0.05) is 65.8 Å². The van der Waals surface area contributed by atoms with E-state index >= 15 is 0 Å². The lowest BCUT2D eigenvalue weighted by atomic mass is 9.94. The van der Waals surface area contributed by atoms with Crippen LogP contribution in [-0.4, -0.2) is 18.3 Å². The normalized spacial score (nSPS) is 11.7. The Morgan fingerprint density at radius 2 is 0.398 bits per heavy atom. The summed E-state index contributed by atoms with van der Waals surface area (Å²) in [6.07, 6.45) is 0. The number of aromatic nitrogens is 4. The van der Waals surface area contributed by atoms with Gasteiger partial charge in [-0.1, -0.05) is 285 Å². The molecule has 0 aliphatic heterocycles. The van der Waals surface area contributed by atoms with Crippen LogP contribution in [0.15, 0.2) is 413 Å². The molecule has 0 saturated heterocycles. The SMILES string of the molecule is c1ccc(-c2cccc(-c3ccc(-n4c5ccccc5c5cc(-c6ccc7c(c6)c6ccccc6n7-c6ccc7ccccc7c6)ccc54)cc3)c2)cc1.c1ccc(-c2ccccc2-c2cccc(-n3c4ccccc4c4cc(-c5ccc6c(c5)c5ccccc5n6-c5ccc6ccccc6c5)ccc43)c2)cc1. The van der Waals surface area contributed by atoms with E-state index in [0.717, 1.165) is 11.4 Å². The largest absolute Gasteiger partial charge is 0.309 e. The van der Waals surface area contributed by atoms with Crippen LogP contribution in [-0.2, 0) is 0 Å². The van der Waals surface area contributed by atoms with Gasteiger partial charge < -0.3 is 18.3 Å². The lowest BCUT2D eigenvalue weighted by Gasteiger charge is -2.13. The minimum atomic E-state index is 1.15. The molecule has 0 fully saturated rings. The van der Waals surface area contributed by atoms with Crippen LogP contribution >= 0.6 is 0 Å². The van der Waals surface area contributed by atoms with Crippen LogP contribution < -0.4 is 0 Å². The van der Waals surface area contributed by atoms with Crippen molar-refractivity contribution in [2.75, 3.05) is 0 Å². The van der Waals surface area contributed by atoms with Crippen molar-refractivity contribution in [2.45, 2.75) is 0 Å². The highest BCUT2D eigenvalue weighted by molar-refractivity contribution is 6.15. The van der Waals surface area contributed by atoms with Gasteiger partial charge in [-0.25, -0.2) is 0 Å². The molecule has 4 heterocycles.